The van der Waals surface area contributed by atoms with Crippen molar-refractivity contribution < 1.29 is 19.4 Å². The number of benzene rings is 3. The number of fused-ring (bicyclic) bond motifs is 2. The van der Waals surface area contributed by atoms with Gasteiger partial charge in [-0.1, -0.05) is 54.6 Å². The number of nitrogens with zero attached hydrogens (tertiary/aromatic N) is 3. The molecule has 0 atom stereocenters. The highest BCUT2D eigenvalue weighted by atomic mass is 16.8. The van der Waals surface area contributed by atoms with E-state index in [9.17, 15) is 14.8 Å². The van der Waals surface area contributed by atoms with Gasteiger partial charge < -0.3 is 10.4 Å². The van der Waals surface area contributed by atoms with Crippen LogP contribution in [-0.4, -0.2) is 21.3 Å². The number of ketones is 2. The molecule has 4 aromatic rings. The third kappa shape index (κ3) is 3.03. The Balaban J connectivity index is 1.72. The average Bonchev–Trinajstić information content (AvgIpc) is 3.11. The zero-order valence-corrected chi connectivity index (χ0v) is 17.2. The molecule has 5 rings (SSSR count). The van der Waals surface area contributed by atoms with Gasteiger partial charge in [0, 0.05) is 18.1 Å². The second kappa shape index (κ2) is 7.56. The van der Waals surface area contributed by atoms with Crippen molar-refractivity contribution in [2.24, 2.45) is 0 Å². The summed E-state index contributed by atoms with van der Waals surface area (Å²) < 4.78 is 3.66. The summed E-state index contributed by atoms with van der Waals surface area (Å²) in [6.45, 7) is 2.19. The molecular formula is C25H19N3O4. The fourth-order valence-corrected chi connectivity index (χ4v) is 4.25. The van der Waals surface area contributed by atoms with Gasteiger partial charge in [0.25, 0.3) is 5.82 Å². The molecule has 0 aliphatic heterocycles. The van der Waals surface area contributed by atoms with Crippen molar-refractivity contribution in [2.45, 2.75) is 13.5 Å². The SMILES string of the molecule is Cc1n(-c2ccccc2)c2c([n+]1Cc1ccc(N([O-])O)cc1)C(=O)c1ccccc1C2=O. The van der Waals surface area contributed by atoms with E-state index in [0.29, 0.717) is 29.1 Å². The Morgan fingerprint density at radius 1 is 0.875 bits per heavy atom. The standard InChI is InChI=1S/C25H19N3O4/c1-16-26(15-17-11-13-19(14-12-17)28(31)32)22-23(27(16)18-7-3-2-4-8-18)25(30)21-10-6-5-9-20(21)24(22)29/h2-14,31H,15H2,1H3. The fourth-order valence-electron chi connectivity index (χ4n) is 4.25. The third-order valence-electron chi connectivity index (χ3n) is 5.79. The summed E-state index contributed by atoms with van der Waals surface area (Å²) in [6, 6.07) is 22.7. The summed E-state index contributed by atoms with van der Waals surface area (Å²) in [5.74, 6) is 0.330. The molecule has 0 saturated heterocycles. The maximum absolute atomic E-state index is 13.5. The Kier molecular flexibility index (Phi) is 4.70. The van der Waals surface area contributed by atoms with E-state index in [-0.39, 0.29) is 22.5 Å². The molecule has 3 aromatic carbocycles. The summed E-state index contributed by atoms with van der Waals surface area (Å²) in [4.78, 5) is 27.1. The predicted octanol–water partition coefficient (Wildman–Crippen LogP) is 3.59. The zero-order valence-electron chi connectivity index (χ0n) is 17.2. The minimum atomic E-state index is -0.203. The van der Waals surface area contributed by atoms with Gasteiger partial charge in [0.15, 0.2) is 0 Å². The lowest BCUT2D eigenvalue weighted by molar-refractivity contribution is -0.695. The predicted molar refractivity (Wildman–Crippen MR) is 117 cm³/mol. The number of anilines is 1. The molecule has 0 radical (unpaired) electrons. The molecule has 1 aliphatic carbocycles. The quantitative estimate of drug-likeness (QED) is 0.351. The molecule has 0 unspecified atom stereocenters. The molecule has 7 nitrogen and oxygen atoms in total. The van der Waals surface area contributed by atoms with Crippen LogP contribution in [0.5, 0.6) is 0 Å². The van der Waals surface area contributed by atoms with Crippen LogP contribution in [0.25, 0.3) is 5.69 Å². The molecule has 0 fully saturated rings. The molecule has 7 heteroatoms. The van der Waals surface area contributed by atoms with Crippen molar-refractivity contribution in [3.05, 3.63) is 118 Å². The number of imidazole rings is 1. The van der Waals surface area contributed by atoms with Gasteiger partial charge in [0.1, 0.15) is 12.2 Å². The van der Waals surface area contributed by atoms with Crippen molar-refractivity contribution in [3.8, 4) is 5.69 Å². The van der Waals surface area contributed by atoms with Crippen LogP contribution in [0.2, 0.25) is 0 Å². The highest BCUT2D eigenvalue weighted by Gasteiger charge is 2.43. The summed E-state index contributed by atoms with van der Waals surface area (Å²) in [5, 5.41) is 20.0. The van der Waals surface area contributed by atoms with E-state index >= 15 is 0 Å². The van der Waals surface area contributed by atoms with E-state index in [1.165, 1.54) is 12.1 Å². The first kappa shape index (κ1) is 19.9. The van der Waals surface area contributed by atoms with Crippen LogP contribution in [-0.2, 0) is 6.54 Å². The molecule has 0 amide bonds. The molecule has 1 aromatic heterocycles. The van der Waals surface area contributed by atoms with Gasteiger partial charge in [-0.05, 0) is 29.8 Å². The monoisotopic (exact) mass is 425 g/mol. The average molecular weight is 425 g/mol. The molecule has 32 heavy (non-hydrogen) atoms. The lowest BCUT2D eigenvalue weighted by Gasteiger charge is -2.21. The summed E-state index contributed by atoms with van der Waals surface area (Å²) in [6.07, 6.45) is 0. The Labute approximate surface area is 183 Å². The lowest BCUT2D eigenvalue weighted by atomic mass is 9.89. The normalized spacial score (nSPS) is 12.5. The van der Waals surface area contributed by atoms with Gasteiger partial charge in [0.05, 0.1) is 5.69 Å². The van der Waals surface area contributed by atoms with E-state index < -0.39 is 0 Å². The van der Waals surface area contributed by atoms with Crippen LogP contribution in [0, 0.1) is 12.1 Å². The largest absolute Gasteiger partial charge is 0.733 e. The van der Waals surface area contributed by atoms with Crippen LogP contribution < -0.4 is 9.79 Å². The fraction of sp³-hybridized carbons (Fsp3) is 0.0800. The van der Waals surface area contributed by atoms with Gasteiger partial charge >= 0.3 is 0 Å². The maximum atomic E-state index is 13.5. The second-order valence-electron chi connectivity index (χ2n) is 7.64. The first-order chi connectivity index (χ1) is 15.5. The number of rotatable bonds is 4. The van der Waals surface area contributed by atoms with Gasteiger partial charge in [-0.2, -0.15) is 4.57 Å². The van der Waals surface area contributed by atoms with Crippen molar-refractivity contribution in [2.75, 3.05) is 5.23 Å². The van der Waals surface area contributed by atoms with Crippen LogP contribution in [0.4, 0.5) is 5.69 Å². The molecule has 0 bridgehead atoms. The van der Waals surface area contributed by atoms with Crippen LogP contribution >= 0.6 is 0 Å². The number of para-hydroxylation sites is 1. The summed E-state index contributed by atoms with van der Waals surface area (Å²) in [7, 11) is 0. The molecule has 158 valence electrons. The molecule has 1 aliphatic rings. The van der Waals surface area contributed by atoms with Crippen molar-refractivity contribution >= 4 is 17.3 Å². The van der Waals surface area contributed by atoms with E-state index in [4.69, 9.17) is 5.21 Å². The van der Waals surface area contributed by atoms with Gasteiger partial charge in [-0.25, -0.2) is 4.57 Å². The molecule has 1 heterocycles. The van der Waals surface area contributed by atoms with Gasteiger partial charge in [0.2, 0.25) is 23.0 Å². The molecule has 0 saturated carbocycles. The first-order valence-corrected chi connectivity index (χ1v) is 10.1. The minimum Gasteiger partial charge on any atom is -0.733 e. The van der Waals surface area contributed by atoms with Crippen LogP contribution in [0.15, 0.2) is 78.9 Å². The summed E-state index contributed by atoms with van der Waals surface area (Å²) in [5.41, 5.74) is 3.19. The number of aromatic nitrogens is 2. The Morgan fingerprint density at radius 3 is 2.09 bits per heavy atom. The molecule has 0 spiro atoms. The number of hydrogen-bond donors (Lipinski definition) is 1. The minimum absolute atomic E-state index is 0.111. The van der Waals surface area contributed by atoms with Crippen molar-refractivity contribution in [1.82, 2.24) is 4.57 Å². The van der Waals surface area contributed by atoms with Gasteiger partial charge in [-0.3, -0.25) is 14.8 Å². The van der Waals surface area contributed by atoms with Gasteiger partial charge in [-0.15, -0.1) is 0 Å². The van der Waals surface area contributed by atoms with E-state index in [1.807, 2.05) is 46.4 Å². The maximum Gasteiger partial charge on any atom is 0.259 e. The van der Waals surface area contributed by atoms with E-state index in [2.05, 4.69) is 0 Å². The topological polar surface area (TPSA) is 89.5 Å². The third-order valence-corrected chi connectivity index (χ3v) is 5.79. The Morgan fingerprint density at radius 2 is 1.47 bits per heavy atom. The number of hydrogen-bond acceptors (Lipinski definition) is 5. The molecule has 1 N–H and O–H groups in total. The Hall–Kier alpha value is -4.07. The first-order valence-electron chi connectivity index (χ1n) is 10.1. The van der Waals surface area contributed by atoms with E-state index in [0.717, 1.165) is 17.1 Å². The smallest absolute Gasteiger partial charge is 0.259 e. The van der Waals surface area contributed by atoms with Crippen LogP contribution in [0.1, 0.15) is 43.5 Å². The summed E-state index contributed by atoms with van der Waals surface area (Å²) >= 11 is 0. The Bertz CT molecular complexity index is 1360. The highest BCUT2D eigenvalue weighted by Crippen LogP contribution is 2.29. The highest BCUT2D eigenvalue weighted by molar-refractivity contribution is 6.26. The second-order valence-corrected chi connectivity index (χ2v) is 7.64. The number of carbonyl (C=O) groups is 2. The number of carbonyl (C=O) groups excluding carboxylic acids is 2. The van der Waals surface area contributed by atoms with Crippen molar-refractivity contribution in [1.29, 1.82) is 0 Å². The zero-order chi connectivity index (χ0) is 22.4. The van der Waals surface area contributed by atoms with E-state index in [1.54, 1.807) is 36.4 Å². The lowest BCUT2D eigenvalue weighted by Crippen LogP contribution is -2.43. The van der Waals surface area contributed by atoms with Crippen molar-refractivity contribution in [3.63, 3.8) is 0 Å². The molecular weight excluding hydrogens is 406 g/mol. The van der Waals surface area contributed by atoms with Crippen LogP contribution in [0.3, 0.4) is 0 Å².